The molecule has 17 heavy (non-hydrogen) atoms. The van der Waals surface area contributed by atoms with Gasteiger partial charge in [-0.2, -0.15) is 0 Å². The summed E-state index contributed by atoms with van der Waals surface area (Å²) in [6.07, 6.45) is 4.97. The molecule has 1 aromatic rings. The maximum Gasteiger partial charge on any atom is 0.110 e. The van der Waals surface area contributed by atoms with Crippen LogP contribution in [0.15, 0.2) is 16.7 Å². The Morgan fingerprint density at radius 1 is 1.24 bits per heavy atom. The van der Waals surface area contributed by atoms with Crippen LogP contribution in [0.1, 0.15) is 70.1 Å². The van der Waals surface area contributed by atoms with Crippen LogP contribution in [0.2, 0.25) is 0 Å². The lowest BCUT2D eigenvalue weighted by Gasteiger charge is -2.21. The highest BCUT2D eigenvalue weighted by Crippen LogP contribution is 2.35. The third-order valence-electron chi connectivity index (χ3n) is 3.56. The van der Waals surface area contributed by atoms with E-state index < -0.39 is 0 Å². The minimum Gasteiger partial charge on any atom is -0.469 e. The van der Waals surface area contributed by atoms with Gasteiger partial charge in [0.2, 0.25) is 0 Å². The van der Waals surface area contributed by atoms with Crippen molar-refractivity contribution in [2.24, 2.45) is 5.92 Å². The van der Waals surface area contributed by atoms with Gasteiger partial charge in [0.15, 0.2) is 0 Å². The molecule has 0 fully saturated rings. The van der Waals surface area contributed by atoms with E-state index in [4.69, 9.17) is 4.42 Å². The maximum absolute atomic E-state index is 9.18. The van der Waals surface area contributed by atoms with Gasteiger partial charge in [0, 0.05) is 12.5 Å². The van der Waals surface area contributed by atoms with E-state index in [1.807, 2.05) is 0 Å². The zero-order valence-corrected chi connectivity index (χ0v) is 11.6. The van der Waals surface area contributed by atoms with E-state index in [2.05, 4.69) is 33.8 Å². The summed E-state index contributed by atoms with van der Waals surface area (Å²) in [5.74, 6) is 2.48. The van der Waals surface area contributed by atoms with Crippen LogP contribution in [0.25, 0.3) is 0 Å². The summed E-state index contributed by atoms with van der Waals surface area (Å²) < 4.78 is 5.70. The van der Waals surface area contributed by atoms with E-state index in [0.717, 1.165) is 12.2 Å². The smallest absolute Gasteiger partial charge is 0.110 e. The van der Waals surface area contributed by atoms with Crippen LogP contribution >= 0.6 is 0 Å². The van der Waals surface area contributed by atoms with Crippen molar-refractivity contribution in [1.82, 2.24) is 0 Å². The molecule has 1 rings (SSSR count). The molecule has 0 bridgehead atoms. The lowest BCUT2D eigenvalue weighted by molar-refractivity contribution is 0.248. The number of aliphatic hydroxyl groups excluding tert-OH is 1. The first-order valence-corrected chi connectivity index (χ1v) is 6.79. The Labute approximate surface area is 105 Å². The first-order chi connectivity index (χ1) is 8.11. The topological polar surface area (TPSA) is 33.4 Å². The summed E-state index contributed by atoms with van der Waals surface area (Å²) in [5, 5.41) is 9.18. The fourth-order valence-electron chi connectivity index (χ4n) is 2.53. The lowest BCUT2D eigenvalue weighted by atomic mass is 9.85. The zero-order chi connectivity index (χ0) is 12.8. The van der Waals surface area contributed by atoms with Gasteiger partial charge >= 0.3 is 0 Å². The highest BCUT2D eigenvalue weighted by molar-refractivity contribution is 5.25. The van der Waals surface area contributed by atoms with Crippen LogP contribution in [0, 0.1) is 5.92 Å². The molecule has 0 saturated heterocycles. The first-order valence-electron chi connectivity index (χ1n) is 6.79. The quantitative estimate of drug-likeness (QED) is 0.768. The molecule has 2 heteroatoms. The number of furan rings is 1. The molecule has 0 aliphatic rings. The van der Waals surface area contributed by atoms with Crippen LogP contribution in [0.3, 0.4) is 0 Å². The van der Waals surface area contributed by atoms with E-state index in [0.29, 0.717) is 17.8 Å². The molecule has 98 valence electrons. The SMILES string of the molecule is CCCC(C)c1ccoc1C(CCO)C(C)C. The Bertz CT molecular complexity index is 314. The van der Waals surface area contributed by atoms with Gasteiger partial charge < -0.3 is 9.52 Å². The van der Waals surface area contributed by atoms with Gasteiger partial charge in [0.05, 0.1) is 6.26 Å². The number of hydrogen-bond acceptors (Lipinski definition) is 2. The molecular weight excluding hydrogens is 212 g/mol. The third-order valence-corrected chi connectivity index (χ3v) is 3.56. The minimum atomic E-state index is 0.227. The van der Waals surface area contributed by atoms with Crippen LogP contribution in [-0.2, 0) is 0 Å². The average molecular weight is 238 g/mol. The van der Waals surface area contributed by atoms with Gasteiger partial charge in [0.25, 0.3) is 0 Å². The zero-order valence-electron chi connectivity index (χ0n) is 11.6. The van der Waals surface area contributed by atoms with E-state index in [-0.39, 0.29) is 6.61 Å². The molecule has 0 radical (unpaired) electrons. The number of aliphatic hydroxyl groups is 1. The van der Waals surface area contributed by atoms with E-state index in [9.17, 15) is 5.11 Å². The molecule has 2 unspecified atom stereocenters. The Balaban J connectivity index is 2.91. The van der Waals surface area contributed by atoms with Crippen molar-refractivity contribution < 1.29 is 9.52 Å². The first kappa shape index (κ1) is 14.3. The molecule has 0 spiro atoms. The Morgan fingerprint density at radius 3 is 2.47 bits per heavy atom. The lowest BCUT2D eigenvalue weighted by Crippen LogP contribution is -2.11. The van der Waals surface area contributed by atoms with Crippen molar-refractivity contribution >= 4 is 0 Å². The summed E-state index contributed by atoms with van der Waals surface area (Å²) in [6.45, 7) is 9.08. The Kier molecular flexibility index (Phi) is 5.76. The standard InChI is InChI=1S/C15H26O2/c1-5-6-12(4)14-8-10-17-15(14)13(7-9-16)11(2)3/h8,10-13,16H,5-7,9H2,1-4H3. The molecule has 0 aromatic carbocycles. The van der Waals surface area contributed by atoms with Crippen LogP contribution in [0.4, 0.5) is 0 Å². The van der Waals surface area contributed by atoms with Crippen molar-refractivity contribution in [2.75, 3.05) is 6.61 Å². The van der Waals surface area contributed by atoms with Gasteiger partial charge in [-0.05, 0) is 36.3 Å². The Morgan fingerprint density at radius 2 is 1.94 bits per heavy atom. The minimum absolute atomic E-state index is 0.227. The average Bonchev–Trinajstić information content (AvgIpc) is 2.74. The maximum atomic E-state index is 9.18. The van der Waals surface area contributed by atoms with Crippen molar-refractivity contribution in [2.45, 2.75) is 58.8 Å². The number of rotatable bonds is 7. The van der Waals surface area contributed by atoms with Gasteiger partial charge in [0.1, 0.15) is 5.76 Å². The second-order valence-electron chi connectivity index (χ2n) is 5.29. The predicted octanol–water partition coefficient (Wildman–Crippen LogP) is 4.31. The van der Waals surface area contributed by atoms with Gasteiger partial charge in [-0.15, -0.1) is 0 Å². The van der Waals surface area contributed by atoms with E-state index in [1.54, 1.807) is 6.26 Å². The van der Waals surface area contributed by atoms with Crippen LogP contribution in [0.5, 0.6) is 0 Å². The molecule has 0 aliphatic carbocycles. The van der Waals surface area contributed by atoms with Crippen LogP contribution < -0.4 is 0 Å². The van der Waals surface area contributed by atoms with Crippen molar-refractivity contribution in [1.29, 1.82) is 0 Å². The van der Waals surface area contributed by atoms with Crippen LogP contribution in [-0.4, -0.2) is 11.7 Å². The summed E-state index contributed by atoms with van der Waals surface area (Å²) in [4.78, 5) is 0. The van der Waals surface area contributed by atoms with E-state index in [1.165, 1.54) is 18.4 Å². The van der Waals surface area contributed by atoms with Crippen molar-refractivity contribution in [3.8, 4) is 0 Å². The monoisotopic (exact) mass is 238 g/mol. The summed E-state index contributed by atoms with van der Waals surface area (Å²) in [5.41, 5.74) is 1.33. The second kappa shape index (κ2) is 6.85. The normalized spacial score (nSPS) is 15.2. The third kappa shape index (κ3) is 3.60. The molecule has 2 nitrogen and oxygen atoms in total. The summed E-state index contributed by atoms with van der Waals surface area (Å²) in [6, 6.07) is 2.10. The molecule has 2 atom stereocenters. The summed E-state index contributed by atoms with van der Waals surface area (Å²) >= 11 is 0. The van der Waals surface area contributed by atoms with Crippen molar-refractivity contribution in [3.63, 3.8) is 0 Å². The predicted molar refractivity (Wildman–Crippen MR) is 71.3 cm³/mol. The molecule has 1 heterocycles. The van der Waals surface area contributed by atoms with Gasteiger partial charge in [-0.25, -0.2) is 0 Å². The molecular formula is C15H26O2. The highest BCUT2D eigenvalue weighted by atomic mass is 16.3. The fraction of sp³-hybridized carbons (Fsp3) is 0.733. The molecule has 0 saturated carbocycles. The second-order valence-corrected chi connectivity index (χ2v) is 5.29. The van der Waals surface area contributed by atoms with Crippen molar-refractivity contribution in [3.05, 3.63) is 23.7 Å². The molecule has 0 aliphatic heterocycles. The molecule has 1 aromatic heterocycles. The van der Waals surface area contributed by atoms with Gasteiger partial charge in [-0.3, -0.25) is 0 Å². The Hall–Kier alpha value is -0.760. The molecule has 1 N–H and O–H groups in total. The fourth-order valence-corrected chi connectivity index (χ4v) is 2.53. The molecule has 0 amide bonds. The summed E-state index contributed by atoms with van der Waals surface area (Å²) in [7, 11) is 0. The highest BCUT2D eigenvalue weighted by Gasteiger charge is 2.23. The van der Waals surface area contributed by atoms with Gasteiger partial charge in [-0.1, -0.05) is 34.1 Å². The largest absolute Gasteiger partial charge is 0.469 e. The van der Waals surface area contributed by atoms with E-state index >= 15 is 0 Å². The number of hydrogen-bond donors (Lipinski definition) is 1.